The Hall–Kier alpha value is -0.870. The molecule has 0 saturated carbocycles. The fraction of sp³-hybridized carbons (Fsp3) is 0.286. The van der Waals surface area contributed by atoms with Crippen LogP contribution in [0.1, 0.15) is 25.7 Å². The number of aryl methyl sites for hydroxylation is 2. The van der Waals surface area contributed by atoms with Crippen molar-refractivity contribution in [1.82, 2.24) is 0 Å². The molecule has 0 spiro atoms. The van der Waals surface area contributed by atoms with E-state index >= 15 is 0 Å². The van der Waals surface area contributed by atoms with Crippen LogP contribution in [-0.2, 0) is 0 Å². The highest BCUT2D eigenvalue weighted by atomic mass is 79.9. The maximum Gasteiger partial charge on any atom is 0.131 e. The maximum absolute atomic E-state index is 14.0. The van der Waals surface area contributed by atoms with E-state index in [-0.39, 0.29) is 10.6 Å². The van der Waals surface area contributed by atoms with Crippen molar-refractivity contribution in [1.29, 1.82) is 0 Å². The Labute approximate surface area is 119 Å². The van der Waals surface area contributed by atoms with E-state index in [2.05, 4.69) is 35.8 Å². The number of halogens is 2. The van der Waals surface area contributed by atoms with Gasteiger partial charge in [0.05, 0.1) is 11.9 Å². The van der Waals surface area contributed by atoms with E-state index in [1.54, 1.807) is 23.5 Å². The van der Waals surface area contributed by atoms with E-state index in [1.807, 2.05) is 0 Å². The summed E-state index contributed by atoms with van der Waals surface area (Å²) in [5, 5.41) is 0. The zero-order valence-corrected chi connectivity index (χ0v) is 12.9. The van der Waals surface area contributed by atoms with Crippen LogP contribution in [0.15, 0.2) is 24.3 Å². The Morgan fingerprint density at radius 1 is 1.28 bits per heavy atom. The average molecular weight is 329 g/mol. The normalized spacial score (nSPS) is 12.5. The van der Waals surface area contributed by atoms with Crippen molar-refractivity contribution in [3.63, 3.8) is 0 Å². The molecule has 1 heterocycles. The zero-order valence-electron chi connectivity index (χ0n) is 10.5. The molecule has 1 nitrogen and oxygen atoms in total. The molecule has 0 fully saturated rings. The number of thiophene rings is 1. The third-order valence-corrected chi connectivity index (χ3v) is 5.42. The van der Waals surface area contributed by atoms with Crippen molar-refractivity contribution >= 4 is 27.3 Å². The van der Waals surface area contributed by atoms with E-state index in [9.17, 15) is 4.39 Å². The van der Waals surface area contributed by atoms with E-state index in [0.29, 0.717) is 11.3 Å². The van der Waals surface area contributed by atoms with Gasteiger partial charge in [-0.05, 0) is 31.5 Å². The number of ether oxygens (including phenoxy) is 1. The molecule has 4 heteroatoms. The quantitative estimate of drug-likeness (QED) is 0.720. The molecule has 2 rings (SSSR count). The molecule has 0 aliphatic carbocycles. The topological polar surface area (TPSA) is 9.23 Å². The van der Waals surface area contributed by atoms with Gasteiger partial charge in [-0.2, -0.15) is 0 Å². The number of benzene rings is 1. The van der Waals surface area contributed by atoms with Gasteiger partial charge >= 0.3 is 0 Å². The van der Waals surface area contributed by atoms with Gasteiger partial charge in [-0.3, -0.25) is 0 Å². The molecule has 0 aliphatic heterocycles. The lowest BCUT2D eigenvalue weighted by Gasteiger charge is -2.10. The maximum atomic E-state index is 14.0. The Morgan fingerprint density at radius 3 is 2.50 bits per heavy atom. The SMILES string of the molecule is COc1ccc(C(Br)c2cc(C)c(C)s2)c(F)c1. The summed E-state index contributed by atoms with van der Waals surface area (Å²) in [5.41, 5.74) is 1.88. The number of alkyl halides is 1. The fourth-order valence-corrected chi connectivity index (χ4v) is 3.54. The molecule has 18 heavy (non-hydrogen) atoms. The first-order valence-corrected chi connectivity index (χ1v) is 7.30. The van der Waals surface area contributed by atoms with E-state index in [1.165, 1.54) is 23.6 Å². The summed E-state index contributed by atoms with van der Waals surface area (Å²) in [7, 11) is 1.53. The van der Waals surface area contributed by atoms with Crippen LogP contribution in [0.25, 0.3) is 0 Å². The Balaban J connectivity index is 2.36. The Morgan fingerprint density at radius 2 is 2.00 bits per heavy atom. The summed E-state index contributed by atoms with van der Waals surface area (Å²) in [4.78, 5) is 2.28. The Kier molecular flexibility index (Phi) is 4.07. The molecule has 0 aliphatic rings. The molecular weight excluding hydrogens is 315 g/mol. The standard InChI is InChI=1S/C14H14BrFOS/c1-8-6-13(18-9(8)2)14(15)11-5-4-10(17-3)7-12(11)16/h4-7,14H,1-3H3. The second-order valence-corrected chi connectivity index (χ2v) is 6.34. The second kappa shape index (κ2) is 5.41. The number of hydrogen-bond acceptors (Lipinski definition) is 2. The van der Waals surface area contributed by atoms with Crippen LogP contribution in [0.5, 0.6) is 5.75 Å². The van der Waals surface area contributed by atoms with Crippen LogP contribution in [0.4, 0.5) is 4.39 Å². The van der Waals surface area contributed by atoms with Crippen molar-refractivity contribution in [2.24, 2.45) is 0 Å². The van der Waals surface area contributed by atoms with Gasteiger partial charge in [-0.25, -0.2) is 4.39 Å². The van der Waals surface area contributed by atoms with Gasteiger partial charge in [-0.15, -0.1) is 11.3 Å². The molecule has 1 unspecified atom stereocenters. The van der Waals surface area contributed by atoms with Crippen molar-refractivity contribution in [2.45, 2.75) is 18.7 Å². The fourth-order valence-electron chi connectivity index (χ4n) is 1.72. The van der Waals surface area contributed by atoms with Crippen LogP contribution in [0, 0.1) is 19.7 Å². The molecule has 0 bridgehead atoms. The monoisotopic (exact) mass is 328 g/mol. The summed E-state index contributed by atoms with van der Waals surface area (Å²) in [5.74, 6) is 0.287. The third kappa shape index (κ3) is 2.59. The Bertz CT molecular complexity index is 545. The predicted molar refractivity (Wildman–Crippen MR) is 77.5 cm³/mol. The van der Waals surface area contributed by atoms with Gasteiger partial charge < -0.3 is 4.74 Å². The van der Waals surface area contributed by atoms with Crippen LogP contribution < -0.4 is 4.74 Å². The van der Waals surface area contributed by atoms with Crippen molar-refractivity contribution < 1.29 is 9.13 Å². The smallest absolute Gasteiger partial charge is 0.131 e. The molecule has 0 radical (unpaired) electrons. The number of hydrogen-bond donors (Lipinski definition) is 0. The van der Waals surface area contributed by atoms with Crippen LogP contribution in [0.3, 0.4) is 0 Å². The minimum atomic E-state index is -0.250. The van der Waals surface area contributed by atoms with E-state index in [4.69, 9.17) is 4.74 Å². The molecule has 0 amide bonds. The highest BCUT2D eigenvalue weighted by Gasteiger charge is 2.17. The third-order valence-electron chi connectivity index (χ3n) is 2.92. The lowest BCUT2D eigenvalue weighted by molar-refractivity contribution is 0.411. The highest BCUT2D eigenvalue weighted by molar-refractivity contribution is 9.09. The second-order valence-electron chi connectivity index (χ2n) is 4.14. The molecule has 96 valence electrons. The first-order chi connectivity index (χ1) is 8.52. The number of methoxy groups -OCH3 is 1. The van der Waals surface area contributed by atoms with Crippen molar-refractivity contribution in [3.8, 4) is 5.75 Å². The van der Waals surface area contributed by atoms with Gasteiger partial charge in [0.15, 0.2) is 0 Å². The van der Waals surface area contributed by atoms with E-state index in [0.717, 1.165) is 4.88 Å². The molecular formula is C14H14BrFOS. The first-order valence-electron chi connectivity index (χ1n) is 5.57. The zero-order chi connectivity index (χ0) is 13.3. The minimum absolute atomic E-state index is 0.110. The molecule has 1 aromatic carbocycles. The molecule has 0 saturated heterocycles. The lowest BCUT2D eigenvalue weighted by atomic mass is 10.1. The predicted octanol–water partition coefficient (Wildman–Crippen LogP) is 5.00. The van der Waals surface area contributed by atoms with Crippen molar-refractivity contribution in [2.75, 3.05) is 7.11 Å². The van der Waals surface area contributed by atoms with Crippen LogP contribution >= 0.6 is 27.3 Å². The summed E-state index contributed by atoms with van der Waals surface area (Å²) in [6.07, 6.45) is 0. The van der Waals surface area contributed by atoms with Gasteiger partial charge in [0.2, 0.25) is 0 Å². The summed E-state index contributed by atoms with van der Waals surface area (Å²) in [6, 6.07) is 7.05. The molecule has 0 N–H and O–H groups in total. The van der Waals surface area contributed by atoms with Gasteiger partial charge in [-0.1, -0.05) is 22.0 Å². The summed E-state index contributed by atoms with van der Waals surface area (Å²) < 4.78 is 19.0. The van der Waals surface area contributed by atoms with Gasteiger partial charge in [0.1, 0.15) is 11.6 Å². The van der Waals surface area contributed by atoms with Gasteiger partial charge in [0.25, 0.3) is 0 Å². The summed E-state index contributed by atoms with van der Waals surface area (Å²) >= 11 is 5.26. The molecule has 2 aromatic rings. The average Bonchev–Trinajstić information content (AvgIpc) is 2.68. The summed E-state index contributed by atoms with van der Waals surface area (Å²) in [6.45, 7) is 4.15. The first kappa shape index (κ1) is 13.6. The van der Waals surface area contributed by atoms with Crippen LogP contribution in [-0.4, -0.2) is 7.11 Å². The largest absolute Gasteiger partial charge is 0.497 e. The van der Waals surface area contributed by atoms with Crippen LogP contribution in [0.2, 0.25) is 0 Å². The van der Waals surface area contributed by atoms with E-state index < -0.39 is 0 Å². The molecule has 1 aromatic heterocycles. The highest BCUT2D eigenvalue weighted by Crippen LogP contribution is 2.38. The number of rotatable bonds is 3. The molecule has 1 atom stereocenters. The van der Waals surface area contributed by atoms with Crippen molar-refractivity contribution in [3.05, 3.63) is 51.0 Å². The van der Waals surface area contributed by atoms with Gasteiger partial charge in [0, 0.05) is 21.4 Å². The minimum Gasteiger partial charge on any atom is -0.497 e. The lowest BCUT2D eigenvalue weighted by Crippen LogP contribution is -1.95.